The highest BCUT2D eigenvalue weighted by Crippen LogP contribution is 2.21. The predicted octanol–water partition coefficient (Wildman–Crippen LogP) is 1.36. The molecule has 0 heterocycles. The fraction of sp³-hybridized carbons (Fsp3) is 0.889. The average molecular weight is 291 g/mol. The number of alkyl halides is 3. The van der Waals surface area contributed by atoms with Crippen molar-refractivity contribution in [3.63, 3.8) is 0 Å². The number of hydrogen-bond acceptors (Lipinski definition) is 3. The van der Waals surface area contributed by atoms with E-state index in [0.717, 1.165) is 0 Å². The first-order valence-electron chi connectivity index (χ1n) is 5.24. The van der Waals surface area contributed by atoms with Gasteiger partial charge in [0.05, 0.1) is 11.7 Å². The van der Waals surface area contributed by atoms with Crippen LogP contribution in [0.5, 0.6) is 0 Å². The molecule has 2 N–H and O–H groups in total. The lowest BCUT2D eigenvalue weighted by molar-refractivity contribution is -0.141. The minimum atomic E-state index is -4.39. The second-order valence-corrected chi connectivity index (χ2v) is 5.94. The van der Waals surface area contributed by atoms with Gasteiger partial charge in [-0.1, -0.05) is 6.92 Å². The van der Waals surface area contributed by atoms with Gasteiger partial charge in [0, 0.05) is 12.5 Å². The Morgan fingerprint density at radius 1 is 1.33 bits per heavy atom. The third kappa shape index (κ3) is 7.49. The van der Waals surface area contributed by atoms with E-state index in [1.165, 1.54) is 13.8 Å². The van der Waals surface area contributed by atoms with E-state index < -0.39 is 52.7 Å². The minimum absolute atomic E-state index is 0.549. The summed E-state index contributed by atoms with van der Waals surface area (Å²) in [5, 5.41) is 8.65. The fourth-order valence-corrected chi connectivity index (χ4v) is 2.53. The van der Waals surface area contributed by atoms with Crippen LogP contribution in [-0.4, -0.2) is 37.5 Å². The molecular formula is C9H16F3NO4S. The van der Waals surface area contributed by atoms with E-state index in [2.05, 4.69) is 0 Å². The lowest BCUT2D eigenvalue weighted by Crippen LogP contribution is -2.41. The summed E-state index contributed by atoms with van der Waals surface area (Å²) in [5.41, 5.74) is 0. The highest BCUT2D eigenvalue weighted by molar-refractivity contribution is 7.89. The monoisotopic (exact) mass is 291 g/mol. The smallest absolute Gasteiger partial charge is 0.389 e. The van der Waals surface area contributed by atoms with Crippen molar-refractivity contribution in [2.24, 2.45) is 5.92 Å². The number of aliphatic carboxylic acids is 1. The second kappa shape index (κ2) is 6.37. The van der Waals surface area contributed by atoms with Gasteiger partial charge in [0.15, 0.2) is 0 Å². The first kappa shape index (κ1) is 17.2. The standard InChI is InChI=1S/C9H16F3NO4S/c1-6(8(14)15)7(2)13-18(16,17)5-3-4-9(10,11)12/h6-7,13H,3-5H2,1-2H3,(H,14,15). The number of rotatable bonds is 7. The maximum absolute atomic E-state index is 11.8. The number of hydrogen-bond donors (Lipinski definition) is 2. The normalized spacial score (nSPS) is 16.3. The molecule has 0 rings (SSSR count). The van der Waals surface area contributed by atoms with Crippen molar-refractivity contribution in [2.45, 2.75) is 38.9 Å². The van der Waals surface area contributed by atoms with Crippen molar-refractivity contribution < 1.29 is 31.5 Å². The first-order chi connectivity index (χ1) is 7.94. The Hall–Kier alpha value is -0.830. The van der Waals surface area contributed by atoms with E-state index >= 15 is 0 Å². The van der Waals surface area contributed by atoms with Gasteiger partial charge in [0.1, 0.15) is 0 Å². The van der Waals surface area contributed by atoms with Crippen molar-refractivity contribution in [1.82, 2.24) is 4.72 Å². The van der Waals surface area contributed by atoms with Crippen LogP contribution in [0.4, 0.5) is 13.2 Å². The van der Waals surface area contributed by atoms with E-state index in [1.54, 1.807) is 0 Å². The minimum Gasteiger partial charge on any atom is -0.481 e. The van der Waals surface area contributed by atoms with E-state index in [0.29, 0.717) is 0 Å². The number of sulfonamides is 1. The van der Waals surface area contributed by atoms with Gasteiger partial charge in [-0.15, -0.1) is 0 Å². The Morgan fingerprint density at radius 2 is 1.83 bits per heavy atom. The maximum atomic E-state index is 11.8. The molecule has 0 aromatic rings. The van der Waals surface area contributed by atoms with Gasteiger partial charge in [-0.3, -0.25) is 4.79 Å². The molecule has 0 radical (unpaired) electrons. The number of carbonyl (C=O) groups is 1. The van der Waals surface area contributed by atoms with Gasteiger partial charge in [0.25, 0.3) is 0 Å². The Kier molecular flexibility index (Phi) is 6.08. The van der Waals surface area contributed by atoms with Gasteiger partial charge in [-0.25, -0.2) is 13.1 Å². The highest BCUT2D eigenvalue weighted by atomic mass is 32.2. The van der Waals surface area contributed by atoms with Crippen molar-refractivity contribution in [3.05, 3.63) is 0 Å². The van der Waals surface area contributed by atoms with Gasteiger partial charge in [-0.05, 0) is 13.3 Å². The fourth-order valence-electron chi connectivity index (χ4n) is 1.12. The summed E-state index contributed by atoms with van der Waals surface area (Å²) >= 11 is 0. The molecule has 0 saturated carbocycles. The molecule has 0 aliphatic rings. The Morgan fingerprint density at radius 3 is 2.22 bits per heavy atom. The Bertz CT molecular complexity index is 380. The van der Waals surface area contributed by atoms with Gasteiger partial charge >= 0.3 is 12.1 Å². The summed E-state index contributed by atoms with van der Waals surface area (Å²) < 4.78 is 60.3. The van der Waals surface area contributed by atoms with Gasteiger partial charge in [-0.2, -0.15) is 13.2 Å². The lowest BCUT2D eigenvalue weighted by Gasteiger charge is -2.17. The molecule has 108 valence electrons. The second-order valence-electron chi connectivity index (χ2n) is 4.07. The van der Waals surface area contributed by atoms with Crippen LogP contribution in [0.3, 0.4) is 0 Å². The number of halogens is 3. The van der Waals surface area contributed by atoms with Gasteiger partial charge in [0.2, 0.25) is 10.0 Å². The number of carboxylic acids is 1. The molecule has 0 aliphatic heterocycles. The lowest BCUT2D eigenvalue weighted by atomic mass is 10.1. The van der Waals surface area contributed by atoms with Crippen LogP contribution in [0, 0.1) is 5.92 Å². The van der Waals surface area contributed by atoms with Crippen molar-refractivity contribution in [3.8, 4) is 0 Å². The summed E-state index contributed by atoms with van der Waals surface area (Å²) in [4.78, 5) is 10.6. The molecule has 0 aromatic carbocycles. The molecule has 0 saturated heterocycles. The molecule has 18 heavy (non-hydrogen) atoms. The van der Waals surface area contributed by atoms with E-state index in [4.69, 9.17) is 5.11 Å². The van der Waals surface area contributed by atoms with Crippen molar-refractivity contribution in [2.75, 3.05) is 5.75 Å². The van der Waals surface area contributed by atoms with Crippen LogP contribution < -0.4 is 4.72 Å². The molecule has 2 unspecified atom stereocenters. The molecule has 0 bridgehead atoms. The third-order valence-corrected chi connectivity index (χ3v) is 3.94. The number of carboxylic acid groups (broad SMARTS) is 1. The maximum Gasteiger partial charge on any atom is 0.389 e. The van der Waals surface area contributed by atoms with E-state index in [-0.39, 0.29) is 0 Å². The van der Waals surface area contributed by atoms with Crippen LogP contribution in [0.15, 0.2) is 0 Å². The zero-order valence-electron chi connectivity index (χ0n) is 9.99. The quantitative estimate of drug-likeness (QED) is 0.742. The summed E-state index contributed by atoms with van der Waals surface area (Å²) in [5.74, 6) is -2.81. The van der Waals surface area contributed by atoms with Crippen molar-refractivity contribution in [1.29, 1.82) is 0 Å². The molecular weight excluding hydrogens is 275 g/mol. The van der Waals surface area contributed by atoms with Crippen LogP contribution in [-0.2, 0) is 14.8 Å². The average Bonchev–Trinajstić information content (AvgIpc) is 2.12. The van der Waals surface area contributed by atoms with Gasteiger partial charge < -0.3 is 5.11 Å². The molecule has 0 amide bonds. The van der Waals surface area contributed by atoms with Crippen LogP contribution >= 0.6 is 0 Å². The Balaban J connectivity index is 4.28. The molecule has 0 aliphatic carbocycles. The summed E-state index contributed by atoms with van der Waals surface area (Å²) in [6, 6.07) is -0.876. The third-order valence-electron chi connectivity index (χ3n) is 2.38. The summed E-state index contributed by atoms with van der Waals surface area (Å²) in [7, 11) is -3.90. The predicted molar refractivity (Wildman–Crippen MR) is 58.5 cm³/mol. The summed E-state index contributed by atoms with van der Waals surface area (Å²) in [6.45, 7) is 2.66. The molecule has 2 atom stereocenters. The number of nitrogens with one attached hydrogen (secondary N) is 1. The molecule has 0 aromatic heterocycles. The SMILES string of the molecule is CC(NS(=O)(=O)CCCC(F)(F)F)C(C)C(=O)O. The molecule has 0 spiro atoms. The first-order valence-corrected chi connectivity index (χ1v) is 6.89. The zero-order chi connectivity index (χ0) is 14.6. The largest absolute Gasteiger partial charge is 0.481 e. The Labute approximate surface area is 103 Å². The molecule has 9 heteroatoms. The van der Waals surface area contributed by atoms with E-state index in [1.807, 2.05) is 4.72 Å². The topological polar surface area (TPSA) is 83.5 Å². The zero-order valence-corrected chi connectivity index (χ0v) is 10.8. The van der Waals surface area contributed by atoms with Crippen LogP contribution in [0.2, 0.25) is 0 Å². The van der Waals surface area contributed by atoms with Crippen LogP contribution in [0.25, 0.3) is 0 Å². The molecule has 5 nitrogen and oxygen atoms in total. The van der Waals surface area contributed by atoms with E-state index in [9.17, 15) is 26.4 Å². The van der Waals surface area contributed by atoms with Crippen LogP contribution in [0.1, 0.15) is 26.7 Å². The molecule has 0 fully saturated rings. The van der Waals surface area contributed by atoms with Crippen molar-refractivity contribution >= 4 is 16.0 Å². The summed E-state index contributed by atoms with van der Waals surface area (Å²) in [6.07, 6.45) is -6.13. The highest BCUT2D eigenvalue weighted by Gasteiger charge is 2.28.